The lowest BCUT2D eigenvalue weighted by molar-refractivity contribution is 0.0511. The molecule has 1 heterocycles. The molecule has 2 aromatic carbocycles. The quantitative estimate of drug-likeness (QED) is 0.558. The van der Waals surface area contributed by atoms with Crippen LogP contribution >= 0.6 is 23.2 Å². The van der Waals surface area contributed by atoms with Gasteiger partial charge in [-0.05, 0) is 36.8 Å². The molecule has 0 aliphatic heterocycles. The van der Waals surface area contributed by atoms with Crippen LogP contribution in [0.2, 0.25) is 10.0 Å². The number of hydrogen-bond acceptors (Lipinski definition) is 5. The van der Waals surface area contributed by atoms with Crippen LogP contribution in [-0.4, -0.2) is 22.4 Å². The minimum atomic E-state index is -0.684. The predicted molar refractivity (Wildman–Crippen MR) is 107 cm³/mol. The standard InChI is InChI=1S/C20H16Cl2N2O4/c1-2-27-20(26)19-17(28-12-13-8-9-15(21)16(22)10-13)11-18(25)24(23-19)14-6-4-3-5-7-14/h3-11H,2,12H2,1H3. The number of para-hydroxylation sites is 1. The zero-order valence-electron chi connectivity index (χ0n) is 14.9. The smallest absolute Gasteiger partial charge is 0.362 e. The van der Waals surface area contributed by atoms with E-state index in [1.54, 1.807) is 49.4 Å². The number of esters is 1. The molecule has 0 aliphatic rings. The number of carbonyl (C=O) groups is 1. The van der Waals surface area contributed by atoms with E-state index in [4.69, 9.17) is 32.7 Å². The molecule has 0 spiro atoms. The molecule has 0 fully saturated rings. The minimum absolute atomic E-state index is 0.0294. The lowest BCUT2D eigenvalue weighted by Gasteiger charge is -2.13. The number of nitrogens with zero attached hydrogens (tertiary/aromatic N) is 2. The molecule has 0 atom stereocenters. The average Bonchev–Trinajstić information content (AvgIpc) is 2.69. The van der Waals surface area contributed by atoms with E-state index < -0.39 is 11.5 Å². The first-order chi connectivity index (χ1) is 13.5. The summed E-state index contributed by atoms with van der Waals surface area (Å²) < 4.78 is 11.9. The topological polar surface area (TPSA) is 70.4 Å². The molecule has 0 saturated carbocycles. The lowest BCUT2D eigenvalue weighted by atomic mass is 10.2. The van der Waals surface area contributed by atoms with Crippen molar-refractivity contribution in [3.63, 3.8) is 0 Å². The second kappa shape index (κ2) is 8.91. The summed E-state index contributed by atoms with van der Waals surface area (Å²) in [6.45, 7) is 1.92. The molecule has 3 aromatic rings. The van der Waals surface area contributed by atoms with Crippen LogP contribution in [0.1, 0.15) is 23.0 Å². The van der Waals surface area contributed by atoms with Gasteiger partial charge in [0, 0.05) is 0 Å². The van der Waals surface area contributed by atoms with Gasteiger partial charge in [-0.25, -0.2) is 4.79 Å². The summed E-state index contributed by atoms with van der Waals surface area (Å²) in [5, 5.41) is 4.96. The van der Waals surface area contributed by atoms with Crippen molar-refractivity contribution < 1.29 is 14.3 Å². The zero-order valence-corrected chi connectivity index (χ0v) is 16.4. The Kier molecular flexibility index (Phi) is 6.34. The molecule has 28 heavy (non-hydrogen) atoms. The van der Waals surface area contributed by atoms with Crippen LogP contribution in [0.3, 0.4) is 0 Å². The molecule has 0 N–H and O–H groups in total. The average molecular weight is 419 g/mol. The molecule has 0 radical (unpaired) electrons. The van der Waals surface area contributed by atoms with Gasteiger partial charge in [0.25, 0.3) is 5.56 Å². The van der Waals surface area contributed by atoms with E-state index in [0.717, 1.165) is 10.2 Å². The van der Waals surface area contributed by atoms with Crippen LogP contribution in [0.15, 0.2) is 59.4 Å². The van der Waals surface area contributed by atoms with E-state index in [2.05, 4.69) is 5.10 Å². The van der Waals surface area contributed by atoms with E-state index >= 15 is 0 Å². The number of aromatic nitrogens is 2. The highest BCUT2D eigenvalue weighted by molar-refractivity contribution is 6.42. The van der Waals surface area contributed by atoms with Gasteiger partial charge in [-0.1, -0.05) is 47.5 Å². The monoisotopic (exact) mass is 418 g/mol. The summed E-state index contributed by atoms with van der Waals surface area (Å²) in [6.07, 6.45) is 0. The Morgan fingerprint density at radius 3 is 2.50 bits per heavy atom. The van der Waals surface area contributed by atoms with Crippen molar-refractivity contribution in [2.75, 3.05) is 6.61 Å². The fourth-order valence-corrected chi connectivity index (χ4v) is 2.76. The summed E-state index contributed by atoms with van der Waals surface area (Å²) in [4.78, 5) is 24.9. The van der Waals surface area contributed by atoms with Gasteiger partial charge in [0.05, 0.1) is 28.4 Å². The number of benzene rings is 2. The summed E-state index contributed by atoms with van der Waals surface area (Å²) in [5.41, 5.74) is 0.708. The molecule has 0 aliphatic carbocycles. The Hall–Kier alpha value is -2.83. The van der Waals surface area contributed by atoms with Gasteiger partial charge in [-0.15, -0.1) is 0 Å². The van der Waals surface area contributed by atoms with E-state index in [-0.39, 0.29) is 24.7 Å². The third-order valence-electron chi connectivity index (χ3n) is 3.74. The summed E-state index contributed by atoms with van der Waals surface area (Å²) in [6, 6.07) is 15.0. The first-order valence-corrected chi connectivity index (χ1v) is 9.19. The zero-order chi connectivity index (χ0) is 20.1. The highest BCUT2D eigenvalue weighted by atomic mass is 35.5. The molecule has 144 valence electrons. The Morgan fingerprint density at radius 1 is 1.07 bits per heavy atom. The third-order valence-corrected chi connectivity index (χ3v) is 4.48. The largest absolute Gasteiger partial charge is 0.486 e. The van der Waals surface area contributed by atoms with Crippen LogP contribution < -0.4 is 10.3 Å². The number of halogens is 2. The van der Waals surface area contributed by atoms with Crippen LogP contribution in [-0.2, 0) is 11.3 Å². The van der Waals surface area contributed by atoms with Gasteiger partial charge >= 0.3 is 5.97 Å². The number of carbonyl (C=O) groups excluding carboxylic acids is 1. The van der Waals surface area contributed by atoms with Crippen LogP contribution in [0.25, 0.3) is 5.69 Å². The molecule has 0 saturated heterocycles. The highest BCUT2D eigenvalue weighted by Gasteiger charge is 2.20. The maximum atomic E-state index is 12.5. The normalized spacial score (nSPS) is 10.5. The maximum Gasteiger partial charge on any atom is 0.362 e. The molecular weight excluding hydrogens is 403 g/mol. The molecule has 1 aromatic heterocycles. The fourth-order valence-electron chi connectivity index (χ4n) is 2.44. The van der Waals surface area contributed by atoms with Crippen molar-refractivity contribution in [2.24, 2.45) is 0 Å². The van der Waals surface area contributed by atoms with Gasteiger partial charge in [-0.2, -0.15) is 9.78 Å². The minimum Gasteiger partial charge on any atom is -0.486 e. The molecule has 3 rings (SSSR count). The Labute approximate surface area is 171 Å². The van der Waals surface area contributed by atoms with E-state index in [9.17, 15) is 9.59 Å². The Balaban J connectivity index is 1.97. The van der Waals surface area contributed by atoms with Crippen molar-refractivity contribution in [3.8, 4) is 11.4 Å². The van der Waals surface area contributed by atoms with Gasteiger partial charge in [0.15, 0.2) is 5.75 Å². The molecule has 8 heteroatoms. The third kappa shape index (κ3) is 4.52. The van der Waals surface area contributed by atoms with Crippen molar-refractivity contribution in [2.45, 2.75) is 13.5 Å². The van der Waals surface area contributed by atoms with Crippen molar-refractivity contribution in [3.05, 3.63) is 86.3 Å². The van der Waals surface area contributed by atoms with Crippen molar-refractivity contribution >= 4 is 29.2 Å². The predicted octanol–water partition coefficient (Wildman–Crippen LogP) is 4.30. The SMILES string of the molecule is CCOC(=O)c1nn(-c2ccccc2)c(=O)cc1OCc1ccc(Cl)c(Cl)c1. The van der Waals surface area contributed by atoms with Crippen LogP contribution in [0, 0.1) is 0 Å². The van der Waals surface area contributed by atoms with Crippen molar-refractivity contribution in [1.82, 2.24) is 9.78 Å². The molecule has 6 nitrogen and oxygen atoms in total. The Morgan fingerprint density at radius 2 is 1.82 bits per heavy atom. The van der Waals surface area contributed by atoms with Gasteiger partial charge < -0.3 is 9.47 Å². The van der Waals surface area contributed by atoms with Gasteiger partial charge in [0.1, 0.15) is 6.61 Å². The second-order valence-electron chi connectivity index (χ2n) is 5.70. The summed E-state index contributed by atoms with van der Waals surface area (Å²) in [7, 11) is 0. The highest BCUT2D eigenvalue weighted by Crippen LogP contribution is 2.24. The van der Waals surface area contributed by atoms with E-state index in [1.165, 1.54) is 6.07 Å². The van der Waals surface area contributed by atoms with Crippen LogP contribution in [0.4, 0.5) is 0 Å². The molecule has 0 bridgehead atoms. The number of rotatable bonds is 6. The maximum absolute atomic E-state index is 12.5. The summed E-state index contributed by atoms with van der Waals surface area (Å²) in [5.74, 6) is -0.655. The van der Waals surface area contributed by atoms with Gasteiger partial charge in [0.2, 0.25) is 5.69 Å². The van der Waals surface area contributed by atoms with Crippen molar-refractivity contribution in [1.29, 1.82) is 0 Å². The number of hydrogen-bond donors (Lipinski definition) is 0. The number of ether oxygens (including phenoxy) is 2. The lowest BCUT2D eigenvalue weighted by Crippen LogP contribution is -2.25. The second-order valence-corrected chi connectivity index (χ2v) is 6.51. The Bertz CT molecular complexity index is 1050. The molecule has 0 amide bonds. The van der Waals surface area contributed by atoms with Gasteiger partial charge in [-0.3, -0.25) is 4.79 Å². The molecule has 0 unspecified atom stereocenters. The van der Waals surface area contributed by atoms with E-state index in [1.807, 2.05) is 6.07 Å². The fraction of sp³-hybridized carbons (Fsp3) is 0.150. The summed E-state index contributed by atoms with van der Waals surface area (Å²) >= 11 is 11.9. The van der Waals surface area contributed by atoms with Crippen LogP contribution in [0.5, 0.6) is 5.75 Å². The first kappa shape index (κ1) is 19.9. The first-order valence-electron chi connectivity index (χ1n) is 8.43. The van der Waals surface area contributed by atoms with E-state index in [0.29, 0.717) is 15.7 Å². The molecular formula is C20H16Cl2N2O4.